The van der Waals surface area contributed by atoms with E-state index in [4.69, 9.17) is 0 Å². The maximum atomic E-state index is 2.34. The highest BCUT2D eigenvalue weighted by atomic mass is 15.1. The van der Waals surface area contributed by atoms with Crippen molar-refractivity contribution in [2.24, 2.45) is 0 Å². The minimum absolute atomic E-state index is 0.662. The van der Waals surface area contributed by atoms with Gasteiger partial charge in [0, 0.05) is 6.04 Å². The molecular weight excluding hydrogens is 182 g/mol. The molecule has 1 nitrogen and oxygen atoms in total. The van der Waals surface area contributed by atoms with Crippen molar-refractivity contribution in [1.82, 2.24) is 4.90 Å². The Kier molecular flexibility index (Phi) is 4.83. The monoisotopic (exact) mass is 205 g/mol. The fourth-order valence-corrected chi connectivity index (χ4v) is 1.64. The van der Waals surface area contributed by atoms with Crippen molar-refractivity contribution in [2.75, 3.05) is 14.1 Å². The summed E-state index contributed by atoms with van der Waals surface area (Å²) in [6, 6.07) is 9.62. The highest BCUT2D eigenvalue weighted by Crippen LogP contribution is 2.10. The van der Waals surface area contributed by atoms with Crippen molar-refractivity contribution in [3.63, 3.8) is 0 Å². The first-order chi connectivity index (χ1) is 7.13. The second-order valence-electron chi connectivity index (χ2n) is 4.52. The molecule has 0 aliphatic heterocycles. The lowest BCUT2D eigenvalue weighted by Gasteiger charge is -2.19. The van der Waals surface area contributed by atoms with Gasteiger partial charge in [-0.05, 0) is 51.4 Å². The summed E-state index contributed by atoms with van der Waals surface area (Å²) in [6.45, 7) is 4.49. The van der Waals surface area contributed by atoms with Crippen LogP contribution < -0.4 is 0 Å². The first kappa shape index (κ1) is 12.3. The minimum Gasteiger partial charge on any atom is -0.307 e. The molecule has 1 aromatic rings. The largest absolute Gasteiger partial charge is 0.307 e. The van der Waals surface area contributed by atoms with Crippen LogP contribution in [0.15, 0.2) is 24.3 Å². The third-order valence-electron chi connectivity index (χ3n) is 3.13. The predicted molar refractivity (Wildman–Crippen MR) is 67.3 cm³/mol. The molecule has 0 radical (unpaired) electrons. The summed E-state index contributed by atoms with van der Waals surface area (Å²) in [6.07, 6.45) is 3.56. The van der Waals surface area contributed by atoms with Crippen LogP contribution in [0.1, 0.15) is 31.4 Å². The van der Waals surface area contributed by atoms with Crippen molar-refractivity contribution >= 4 is 0 Å². The van der Waals surface area contributed by atoms with E-state index in [1.54, 1.807) is 0 Å². The molecule has 0 saturated heterocycles. The Morgan fingerprint density at radius 2 is 1.87 bits per heavy atom. The molecule has 0 saturated carbocycles. The predicted octanol–water partition coefficient (Wildman–Crippen LogP) is 3.13. The van der Waals surface area contributed by atoms with E-state index in [1.807, 2.05) is 0 Å². The van der Waals surface area contributed by atoms with Gasteiger partial charge in [-0.15, -0.1) is 0 Å². The van der Waals surface area contributed by atoms with Crippen molar-refractivity contribution in [1.29, 1.82) is 0 Å². The van der Waals surface area contributed by atoms with Gasteiger partial charge in [-0.25, -0.2) is 0 Å². The van der Waals surface area contributed by atoms with E-state index in [-0.39, 0.29) is 0 Å². The summed E-state index contributed by atoms with van der Waals surface area (Å²) in [5, 5.41) is 0. The molecule has 0 aromatic heterocycles. The van der Waals surface area contributed by atoms with E-state index in [2.05, 4.69) is 57.1 Å². The molecule has 1 atom stereocenters. The van der Waals surface area contributed by atoms with E-state index in [1.165, 1.54) is 24.0 Å². The van der Waals surface area contributed by atoms with Crippen molar-refractivity contribution < 1.29 is 0 Å². The fourth-order valence-electron chi connectivity index (χ4n) is 1.64. The van der Waals surface area contributed by atoms with Crippen LogP contribution in [0.4, 0.5) is 0 Å². The number of nitrogens with zero attached hydrogens (tertiary/aromatic N) is 1. The first-order valence-corrected chi connectivity index (χ1v) is 5.87. The third-order valence-corrected chi connectivity index (χ3v) is 3.13. The molecule has 0 heterocycles. The van der Waals surface area contributed by atoms with E-state index in [0.29, 0.717) is 6.04 Å². The summed E-state index contributed by atoms with van der Waals surface area (Å²) >= 11 is 0. The molecule has 1 aromatic carbocycles. The molecule has 0 fully saturated rings. The molecule has 0 N–H and O–H groups in total. The summed E-state index contributed by atoms with van der Waals surface area (Å²) in [4.78, 5) is 2.28. The average molecular weight is 205 g/mol. The zero-order valence-corrected chi connectivity index (χ0v) is 10.5. The van der Waals surface area contributed by atoms with Crippen LogP contribution in [0.3, 0.4) is 0 Å². The fraction of sp³-hybridized carbons (Fsp3) is 0.571. The first-order valence-electron chi connectivity index (χ1n) is 5.87. The normalized spacial score (nSPS) is 13.1. The van der Waals surface area contributed by atoms with E-state index in [9.17, 15) is 0 Å². The lowest BCUT2D eigenvalue weighted by atomic mass is 10.0. The quantitative estimate of drug-likeness (QED) is 0.714. The van der Waals surface area contributed by atoms with E-state index in [0.717, 1.165) is 6.42 Å². The maximum absolute atomic E-state index is 2.34. The zero-order valence-electron chi connectivity index (χ0n) is 10.5. The third kappa shape index (κ3) is 4.05. The Morgan fingerprint density at radius 1 is 1.20 bits per heavy atom. The van der Waals surface area contributed by atoms with Gasteiger partial charge < -0.3 is 4.90 Å². The molecule has 1 rings (SSSR count). The van der Waals surface area contributed by atoms with Crippen molar-refractivity contribution in [3.05, 3.63) is 35.4 Å². The van der Waals surface area contributed by atoms with Crippen molar-refractivity contribution in [2.45, 2.75) is 39.2 Å². The Balaban J connectivity index is 2.50. The molecule has 1 heteroatoms. The van der Waals surface area contributed by atoms with Crippen molar-refractivity contribution in [3.8, 4) is 0 Å². The molecule has 0 aliphatic carbocycles. The lowest BCUT2D eigenvalue weighted by Crippen LogP contribution is -2.24. The molecule has 0 spiro atoms. The SMILES string of the molecule is CCc1cccc(CCC(C)N(C)C)c1. The number of rotatable bonds is 5. The van der Waals surface area contributed by atoms with Gasteiger partial charge in [-0.1, -0.05) is 31.2 Å². The van der Waals surface area contributed by atoms with Crippen LogP contribution >= 0.6 is 0 Å². The van der Waals surface area contributed by atoms with Gasteiger partial charge in [0.05, 0.1) is 0 Å². The van der Waals surface area contributed by atoms with Gasteiger partial charge in [0.15, 0.2) is 0 Å². The Morgan fingerprint density at radius 3 is 2.47 bits per heavy atom. The molecule has 1 unspecified atom stereocenters. The maximum Gasteiger partial charge on any atom is 0.00640 e. The molecule has 15 heavy (non-hydrogen) atoms. The van der Waals surface area contributed by atoms with Crippen LogP contribution in [0.5, 0.6) is 0 Å². The summed E-state index contributed by atoms with van der Waals surface area (Å²) in [5.41, 5.74) is 2.92. The minimum atomic E-state index is 0.662. The second kappa shape index (κ2) is 5.92. The van der Waals surface area contributed by atoms with Gasteiger partial charge in [-0.2, -0.15) is 0 Å². The van der Waals surface area contributed by atoms with Crippen LogP contribution in [-0.2, 0) is 12.8 Å². The molecular formula is C14H23N. The standard InChI is InChI=1S/C14H23N/c1-5-13-7-6-8-14(11-13)10-9-12(2)15(3)4/h6-8,11-12H,5,9-10H2,1-4H3. The van der Waals surface area contributed by atoms with Gasteiger partial charge in [0.25, 0.3) is 0 Å². The zero-order chi connectivity index (χ0) is 11.3. The molecule has 0 amide bonds. The highest BCUT2D eigenvalue weighted by molar-refractivity contribution is 5.23. The van der Waals surface area contributed by atoms with Gasteiger partial charge in [-0.3, -0.25) is 0 Å². The second-order valence-corrected chi connectivity index (χ2v) is 4.52. The summed E-state index contributed by atoms with van der Waals surface area (Å²) in [7, 11) is 4.29. The highest BCUT2D eigenvalue weighted by Gasteiger charge is 2.04. The smallest absolute Gasteiger partial charge is 0.00640 e. The van der Waals surface area contributed by atoms with Gasteiger partial charge in [0.2, 0.25) is 0 Å². The number of hydrogen-bond acceptors (Lipinski definition) is 1. The topological polar surface area (TPSA) is 3.24 Å². The van der Waals surface area contributed by atoms with Crippen LogP contribution in [0.2, 0.25) is 0 Å². The van der Waals surface area contributed by atoms with Crippen LogP contribution in [-0.4, -0.2) is 25.0 Å². The summed E-state index contributed by atoms with van der Waals surface area (Å²) < 4.78 is 0. The number of hydrogen-bond donors (Lipinski definition) is 0. The van der Waals surface area contributed by atoms with Crippen LogP contribution in [0.25, 0.3) is 0 Å². The Labute approximate surface area is 94.1 Å². The average Bonchev–Trinajstić information content (AvgIpc) is 2.26. The summed E-state index contributed by atoms with van der Waals surface area (Å²) in [5.74, 6) is 0. The Hall–Kier alpha value is -0.820. The lowest BCUT2D eigenvalue weighted by molar-refractivity contribution is 0.299. The number of benzene rings is 1. The van der Waals surface area contributed by atoms with E-state index >= 15 is 0 Å². The van der Waals surface area contributed by atoms with Crippen LogP contribution in [0, 0.1) is 0 Å². The van der Waals surface area contributed by atoms with Gasteiger partial charge >= 0.3 is 0 Å². The molecule has 84 valence electrons. The van der Waals surface area contributed by atoms with Gasteiger partial charge in [0.1, 0.15) is 0 Å². The molecule has 0 aliphatic rings. The Bertz CT molecular complexity index is 291. The molecule has 0 bridgehead atoms. The van der Waals surface area contributed by atoms with E-state index < -0.39 is 0 Å². The number of aryl methyl sites for hydroxylation is 2.